The van der Waals surface area contributed by atoms with Gasteiger partial charge in [0.1, 0.15) is 17.5 Å². The largest absolute Gasteiger partial charge is 0.506 e. The number of phenolic OH excluding ortho intramolecular Hbond substituents is 1. The summed E-state index contributed by atoms with van der Waals surface area (Å²) in [5, 5.41) is 26.8. The van der Waals surface area contributed by atoms with Gasteiger partial charge in [-0.15, -0.1) is 0 Å². The van der Waals surface area contributed by atoms with Gasteiger partial charge in [-0.05, 0) is 80.2 Å². The highest BCUT2D eigenvalue weighted by Gasteiger charge is 2.42. The number of carbonyl (C=O) groups is 3. The minimum atomic E-state index is -0.941. The Balaban J connectivity index is 0.894. The van der Waals surface area contributed by atoms with Crippen molar-refractivity contribution in [1.82, 2.24) is 20.0 Å². The first-order valence-electron chi connectivity index (χ1n) is 21.4. The van der Waals surface area contributed by atoms with Crippen LogP contribution in [-0.2, 0) is 43.2 Å². The quantitative estimate of drug-likeness (QED) is 0.127. The second kappa shape index (κ2) is 20.8. The molecule has 2 aromatic carbocycles. The molecule has 6 rings (SSSR count). The van der Waals surface area contributed by atoms with Crippen LogP contribution in [0.15, 0.2) is 36.4 Å². The van der Waals surface area contributed by atoms with Crippen LogP contribution in [0, 0.1) is 5.92 Å². The van der Waals surface area contributed by atoms with Crippen molar-refractivity contribution in [1.29, 1.82) is 0 Å². The van der Waals surface area contributed by atoms with E-state index in [1.54, 1.807) is 6.07 Å². The van der Waals surface area contributed by atoms with Crippen LogP contribution in [0.5, 0.6) is 11.5 Å². The molecule has 4 aliphatic rings. The molecule has 3 fully saturated rings. The molecule has 314 valence electrons. The fraction of sp³-hybridized carbons (Fsp3) is 0.659. The molecule has 4 N–H and O–H groups in total. The number of anilines is 1. The highest BCUT2D eigenvalue weighted by Crippen LogP contribution is 2.39. The molecule has 0 aromatic heterocycles. The highest BCUT2D eigenvalue weighted by molar-refractivity contribution is 5.97. The van der Waals surface area contributed by atoms with E-state index < -0.39 is 6.10 Å². The van der Waals surface area contributed by atoms with Crippen LogP contribution in [0.4, 0.5) is 5.69 Å². The van der Waals surface area contributed by atoms with E-state index in [4.69, 9.17) is 14.2 Å². The van der Waals surface area contributed by atoms with Crippen LogP contribution < -0.4 is 15.4 Å². The van der Waals surface area contributed by atoms with Gasteiger partial charge in [0.05, 0.1) is 31.8 Å². The number of carbonyl (C=O) groups excluding carboxylic acids is 3. The van der Waals surface area contributed by atoms with Gasteiger partial charge in [-0.1, -0.05) is 63.4 Å². The first kappa shape index (κ1) is 42.8. The Labute approximate surface area is 338 Å². The summed E-state index contributed by atoms with van der Waals surface area (Å²) in [5.74, 6) is 0.477. The number of hydrogen-bond acceptors (Lipinski definition) is 10. The van der Waals surface area contributed by atoms with Crippen LogP contribution in [-0.4, -0.2) is 133 Å². The van der Waals surface area contributed by atoms with Gasteiger partial charge >= 0.3 is 0 Å². The van der Waals surface area contributed by atoms with Gasteiger partial charge in [-0.3, -0.25) is 19.3 Å². The van der Waals surface area contributed by atoms with Gasteiger partial charge in [0, 0.05) is 51.9 Å². The SMILES string of the molecule is CC(C)C[C@H](O)C(=O)N1CCOC2(CCN(Cc3cccc(CCOCCC(=O)N(CCNCCc4ccc(O)c5c4OCC(=O)N5)C4CCCCC4)c3)CC2)C1. The predicted molar refractivity (Wildman–Crippen MR) is 218 cm³/mol. The molecule has 13 nitrogen and oxygen atoms in total. The van der Waals surface area contributed by atoms with Gasteiger partial charge in [0.15, 0.2) is 12.4 Å². The Bertz CT molecular complexity index is 1640. The summed E-state index contributed by atoms with van der Waals surface area (Å²) in [5.41, 5.74) is 3.39. The number of nitrogens with zero attached hydrogens (tertiary/aromatic N) is 3. The zero-order valence-corrected chi connectivity index (χ0v) is 34.1. The lowest BCUT2D eigenvalue weighted by Crippen LogP contribution is -2.59. The van der Waals surface area contributed by atoms with Crippen LogP contribution in [0.3, 0.4) is 0 Å². The van der Waals surface area contributed by atoms with Crippen LogP contribution in [0.1, 0.15) is 88.3 Å². The lowest BCUT2D eigenvalue weighted by molar-refractivity contribution is -0.166. The lowest BCUT2D eigenvalue weighted by Gasteiger charge is -2.47. The van der Waals surface area contributed by atoms with E-state index in [2.05, 4.69) is 44.7 Å². The highest BCUT2D eigenvalue weighted by atomic mass is 16.5. The molecule has 13 heteroatoms. The molecule has 3 heterocycles. The Morgan fingerprint density at radius 2 is 1.82 bits per heavy atom. The maximum absolute atomic E-state index is 13.5. The Hall–Kier alpha value is -3.75. The Morgan fingerprint density at radius 1 is 1.04 bits per heavy atom. The van der Waals surface area contributed by atoms with Gasteiger partial charge in [-0.2, -0.15) is 0 Å². The van der Waals surface area contributed by atoms with E-state index in [0.717, 1.165) is 70.1 Å². The van der Waals surface area contributed by atoms with Gasteiger partial charge < -0.3 is 44.9 Å². The third-order valence-corrected chi connectivity index (χ3v) is 12.0. The van der Waals surface area contributed by atoms with E-state index in [-0.39, 0.29) is 47.6 Å². The Kier molecular flexibility index (Phi) is 15.6. The summed E-state index contributed by atoms with van der Waals surface area (Å²) in [4.78, 5) is 44.5. The van der Waals surface area contributed by atoms with E-state index >= 15 is 0 Å². The van der Waals surface area contributed by atoms with Gasteiger partial charge in [-0.25, -0.2) is 0 Å². The summed E-state index contributed by atoms with van der Waals surface area (Å²) in [6, 6.07) is 12.3. The Morgan fingerprint density at radius 3 is 2.61 bits per heavy atom. The minimum Gasteiger partial charge on any atom is -0.506 e. The number of ether oxygens (including phenoxy) is 3. The average Bonchev–Trinajstić information content (AvgIpc) is 3.21. The number of likely N-dealkylation sites (tertiary alicyclic amines) is 1. The number of fused-ring (bicyclic) bond motifs is 1. The van der Waals surface area contributed by atoms with E-state index in [9.17, 15) is 24.6 Å². The maximum atomic E-state index is 13.5. The number of piperidine rings is 1. The first-order valence-corrected chi connectivity index (χ1v) is 21.4. The molecule has 3 amide bonds. The number of amides is 3. The van der Waals surface area contributed by atoms with Crippen molar-refractivity contribution in [2.24, 2.45) is 5.92 Å². The van der Waals surface area contributed by atoms with Crippen molar-refractivity contribution in [3.05, 3.63) is 53.1 Å². The molecule has 57 heavy (non-hydrogen) atoms. The summed E-state index contributed by atoms with van der Waals surface area (Å²) < 4.78 is 17.9. The minimum absolute atomic E-state index is 0.00668. The number of phenols is 1. The topological polar surface area (TPSA) is 153 Å². The molecule has 2 aromatic rings. The molecule has 2 saturated heterocycles. The second-order valence-electron chi connectivity index (χ2n) is 16.8. The molecular formula is C44H65N5O8. The number of nitrogens with one attached hydrogen (secondary N) is 2. The molecule has 0 bridgehead atoms. The van der Waals surface area contributed by atoms with Crippen LogP contribution >= 0.6 is 0 Å². The summed E-state index contributed by atoms with van der Waals surface area (Å²) in [6.07, 6.45) is 8.68. The number of aliphatic hydroxyl groups excluding tert-OH is 1. The summed E-state index contributed by atoms with van der Waals surface area (Å²) in [7, 11) is 0. The van der Waals surface area contributed by atoms with Crippen LogP contribution in [0.2, 0.25) is 0 Å². The third-order valence-electron chi connectivity index (χ3n) is 12.0. The van der Waals surface area contributed by atoms with Gasteiger partial charge in [0.25, 0.3) is 11.8 Å². The maximum Gasteiger partial charge on any atom is 0.262 e. The van der Waals surface area contributed by atoms with E-state index in [0.29, 0.717) is 83.2 Å². The summed E-state index contributed by atoms with van der Waals surface area (Å²) in [6.45, 7) is 11.2. The first-order chi connectivity index (χ1) is 27.6. The molecule has 0 unspecified atom stereocenters. The molecule has 1 atom stereocenters. The molecule has 0 radical (unpaired) electrons. The number of morpholine rings is 1. The number of rotatable bonds is 18. The number of hydrogen-bond donors (Lipinski definition) is 4. The predicted octanol–water partition coefficient (Wildman–Crippen LogP) is 4.27. The molecule has 1 spiro atoms. The normalized spacial score (nSPS) is 19.2. The number of aliphatic hydroxyl groups is 1. The molecule has 3 aliphatic heterocycles. The fourth-order valence-corrected chi connectivity index (χ4v) is 8.81. The van der Waals surface area contributed by atoms with Crippen molar-refractivity contribution in [3.63, 3.8) is 0 Å². The average molecular weight is 792 g/mol. The van der Waals surface area contributed by atoms with Crippen molar-refractivity contribution in [2.45, 2.75) is 109 Å². The van der Waals surface area contributed by atoms with Crippen molar-refractivity contribution in [2.75, 3.05) is 77.6 Å². The smallest absolute Gasteiger partial charge is 0.262 e. The number of benzene rings is 2. The standard InChI is InChI=1S/C44H65N5O8/c1-32(2)27-38(51)43(54)48-23-26-57-44(31-48)16-20-47(21-17-44)29-34-8-6-7-33(28-34)14-24-55-25-15-40(53)49(36-9-4-3-5-10-36)22-19-45-18-13-35-11-12-37(50)41-42(35)56-30-39(52)46-41/h6-8,11-12,28,32,36,38,45,50-51H,3-5,9-10,13-27,29-31H2,1-2H3,(H,46,52)/t38-/m0/s1. The van der Waals surface area contributed by atoms with Crippen molar-refractivity contribution >= 4 is 23.4 Å². The monoisotopic (exact) mass is 791 g/mol. The fourth-order valence-electron chi connectivity index (χ4n) is 8.81. The summed E-state index contributed by atoms with van der Waals surface area (Å²) >= 11 is 0. The van der Waals surface area contributed by atoms with Gasteiger partial charge in [0.2, 0.25) is 5.91 Å². The van der Waals surface area contributed by atoms with E-state index in [1.807, 2.05) is 24.8 Å². The molecular weight excluding hydrogens is 727 g/mol. The number of aromatic hydroxyl groups is 1. The third kappa shape index (κ3) is 12.1. The van der Waals surface area contributed by atoms with E-state index in [1.165, 1.54) is 17.5 Å². The zero-order valence-electron chi connectivity index (χ0n) is 34.1. The second-order valence-corrected chi connectivity index (χ2v) is 16.8. The van der Waals surface area contributed by atoms with Crippen molar-refractivity contribution in [3.8, 4) is 11.5 Å². The molecule has 1 aliphatic carbocycles. The lowest BCUT2D eigenvalue weighted by atomic mass is 9.88. The van der Waals surface area contributed by atoms with Crippen LogP contribution in [0.25, 0.3) is 0 Å². The molecule has 1 saturated carbocycles. The van der Waals surface area contributed by atoms with Crippen molar-refractivity contribution < 1.29 is 38.8 Å². The zero-order chi connectivity index (χ0) is 40.2.